The Bertz CT molecular complexity index is 510. The van der Waals surface area contributed by atoms with Gasteiger partial charge in [0.1, 0.15) is 11.6 Å². The Morgan fingerprint density at radius 3 is 2.44 bits per heavy atom. The average Bonchev–Trinajstić information content (AvgIpc) is 2.39. The van der Waals surface area contributed by atoms with Crippen LogP contribution in [-0.2, 0) is 0 Å². The van der Waals surface area contributed by atoms with Gasteiger partial charge in [-0.3, -0.25) is 0 Å². The third-order valence-corrected chi connectivity index (χ3v) is 3.53. The Labute approximate surface area is 108 Å². The fourth-order valence-corrected chi connectivity index (χ4v) is 2.44. The maximum Gasteiger partial charge on any atom is 0.120 e. The van der Waals surface area contributed by atoms with E-state index < -0.39 is 0 Å². The molecule has 1 unspecified atom stereocenters. The van der Waals surface area contributed by atoms with Gasteiger partial charge in [-0.1, -0.05) is 42.8 Å². The monoisotopic (exact) mass is 243 g/mol. The van der Waals surface area contributed by atoms with Gasteiger partial charge >= 0.3 is 0 Å². The standard InChI is InChI=1S/C15H17BFO/c1-11(12-6-8-15(18-2)9-7-12)16-13-4-3-5-14(17)10-13/h3-11H,16H2,1-2H3/q-1. The molecule has 0 N–H and O–H groups in total. The van der Waals surface area contributed by atoms with Crippen LogP contribution in [0.4, 0.5) is 4.39 Å². The number of benzene rings is 2. The highest BCUT2D eigenvalue weighted by Gasteiger charge is 2.02. The smallest absolute Gasteiger partial charge is 0.120 e. The second-order valence-electron chi connectivity index (χ2n) is 5.02. The molecule has 0 aliphatic carbocycles. The Morgan fingerprint density at radius 1 is 1.11 bits per heavy atom. The number of ether oxygens (including phenoxy) is 1. The lowest BCUT2D eigenvalue weighted by molar-refractivity contribution is 0.414. The Kier molecular flexibility index (Phi) is 4.03. The highest BCUT2D eigenvalue weighted by molar-refractivity contribution is 6.54. The normalized spacial score (nSPS) is 12.2. The van der Waals surface area contributed by atoms with Gasteiger partial charge in [-0.15, -0.1) is 5.82 Å². The summed E-state index contributed by atoms with van der Waals surface area (Å²) in [6, 6.07) is 15.1. The van der Waals surface area contributed by atoms with Crippen molar-refractivity contribution in [2.45, 2.75) is 12.7 Å². The van der Waals surface area contributed by atoms with E-state index in [1.807, 2.05) is 18.2 Å². The molecule has 2 aromatic rings. The van der Waals surface area contributed by atoms with Crippen molar-refractivity contribution in [3.8, 4) is 5.75 Å². The highest BCUT2D eigenvalue weighted by Crippen LogP contribution is 2.18. The molecule has 0 aromatic heterocycles. The first-order valence-corrected chi connectivity index (χ1v) is 6.39. The molecule has 3 heteroatoms. The third-order valence-electron chi connectivity index (χ3n) is 3.53. The minimum atomic E-state index is -0.372. The minimum Gasteiger partial charge on any atom is -0.497 e. The molecule has 0 aliphatic heterocycles. The predicted molar refractivity (Wildman–Crippen MR) is 76.0 cm³/mol. The number of hydrogen-bond acceptors (Lipinski definition) is 1. The van der Waals surface area contributed by atoms with Crippen molar-refractivity contribution in [1.82, 2.24) is 0 Å². The zero-order valence-electron chi connectivity index (χ0n) is 11.0. The number of methoxy groups -OCH3 is 1. The molecule has 18 heavy (non-hydrogen) atoms. The molecular weight excluding hydrogens is 226 g/mol. The van der Waals surface area contributed by atoms with Crippen LogP contribution in [0.1, 0.15) is 18.3 Å². The summed E-state index contributed by atoms with van der Waals surface area (Å²) in [5.74, 6) is 1.22. The van der Waals surface area contributed by atoms with Crippen molar-refractivity contribution in [1.29, 1.82) is 0 Å². The highest BCUT2D eigenvalue weighted by atomic mass is 19.1. The summed E-state index contributed by atoms with van der Waals surface area (Å²) in [6.45, 7) is 2.20. The first kappa shape index (κ1) is 12.7. The summed E-state index contributed by atoms with van der Waals surface area (Å²) in [5.41, 5.74) is 2.44. The Balaban J connectivity index is 2.09. The predicted octanol–water partition coefficient (Wildman–Crippen LogP) is 2.39. The van der Waals surface area contributed by atoms with Crippen LogP contribution in [0.25, 0.3) is 0 Å². The summed E-state index contributed by atoms with van der Waals surface area (Å²) in [4.78, 5) is 0. The maximum atomic E-state index is 13.1. The van der Waals surface area contributed by atoms with Crippen LogP contribution >= 0.6 is 0 Å². The van der Waals surface area contributed by atoms with Gasteiger partial charge in [-0.25, -0.2) is 9.85 Å². The van der Waals surface area contributed by atoms with E-state index in [-0.39, 0.29) is 13.1 Å². The Hall–Kier alpha value is -1.77. The molecule has 0 fully saturated rings. The van der Waals surface area contributed by atoms with E-state index in [2.05, 4.69) is 19.1 Å². The van der Waals surface area contributed by atoms with E-state index in [9.17, 15) is 4.39 Å². The van der Waals surface area contributed by atoms with Crippen LogP contribution in [0.2, 0.25) is 0 Å². The van der Waals surface area contributed by atoms with Gasteiger partial charge in [-0.2, -0.15) is 0 Å². The van der Waals surface area contributed by atoms with E-state index >= 15 is 0 Å². The molecule has 94 valence electrons. The zero-order chi connectivity index (χ0) is 13.0. The summed E-state index contributed by atoms with van der Waals surface area (Å²) in [7, 11) is 1.29. The fraction of sp³-hybridized carbons (Fsp3) is 0.200. The molecule has 0 aliphatic rings. The van der Waals surface area contributed by atoms with Gasteiger partial charge in [0, 0.05) is 7.28 Å². The molecule has 2 rings (SSSR count). The molecule has 0 saturated heterocycles. The van der Waals surface area contributed by atoms with Gasteiger partial charge in [0.25, 0.3) is 0 Å². The summed E-state index contributed by atoms with van der Waals surface area (Å²) < 4.78 is 18.3. The van der Waals surface area contributed by atoms with Gasteiger partial charge in [-0.05, 0) is 18.2 Å². The van der Waals surface area contributed by atoms with Gasteiger partial charge in [0.05, 0.1) is 7.11 Å². The maximum absolute atomic E-state index is 13.1. The first-order valence-electron chi connectivity index (χ1n) is 6.39. The topological polar surface area (TPSA) is 9.23 Å². The second kappa shape index (κ2) is 5.72. The van der Waals surface area contributed by atoms with Gasteiger partial charge in [0.15, 0.2) is 0 Å². The fourth-order valence-electron chi connectivity index (χ4n) is 2.44. The minimum absolute atomic E-state index is 0.141. The van der Waals surface area contributed by atoms with Crippen molar-refractivity contribution in [3.63, 3.8) is 0 Å². The van der Waals surface area contributed by atoms with E-state index in [1.165, 1.54) is 11.6 Å². The van der Waals surface area contributed by atoms with Crippen molar-refractivity contribution in [2.75, 3.05) is 7.11 Å². The zero-order valence-corrected chi connectivity index (χ0v) is 11.0. The van der Waals surface area contributed by atoms with E-state index in [4.69, 9.17) is 4.74 Å². The van der Waals surface area contributed by atoms with Crippen LogP contribution in [-0.4, -0.2) is 14.4 Å². The molecule has 0 spiro atoms. The number of halogens is 1. The molecule has 2 aromatic carbocycles. The lowest BCUT2D eigenvalue weighted by Gasteiger charge is -2.18. The van der Waals surface area contributed by atoms with Crippen LogP contribution in [0, 0.1) is 5.82 Å². The molecular formula is C15H17BFO-. The van der Waals surface area contributed by atoms with Crippen molar-refractivity contribution >= 4 is 12.7 Å². The van der Waals surface area contributed by atoms with Crippen molar-refractivity contribution in [2.24, 2.45) is 0 Å². The van der Waals surface area contributed by atoms with Crippen LogP contribution in [0.15, 0.2) is 48.5 Å². The molecule has 0 saturated carbocycles. The molecule has 1 atom stereocenters. The lowest BCUT2D eigenvalue weighted by atomic mass is 9.58. The summed E-state index contributed by atoms with van der Waals surface area (Å²) in [5, 5.41) is 0. The molecule has 0 amide bonds. The third kappa shape index (κ3) is 3.13. The van der Waals surface area contributed by atoms with Crippen LogP contribution < -0.4 is 10.2 Å². The Morgan fingerprint density at radius 2 is 1.83 bits per heavy atom. The summed E-state index contributed by atoms with van der Waals surface area (Å²) in [6.07, 6.45) is 0. The van der Waals surface area contributed by atoms with Crippen molar-refractivity contribution < 1.29 is 9.13 Å². The first-order chi connectivity index (χ1) is 8.69. The average molecular weight is 243 g/mol. The SMILES string of the molecule is COc1ccc(C(C)[BH2-]c2cccc(F)c2)cc1. The lowest BCUT2D eigenvalue weighted by Crippen LogP contribution is -2.20. The van der Waals surface area contributed by atoms with Gasteiger partial charge < -0.3 is 4.74 Å². The van der Waals surface area contributed by atoms with Crippen LogP contribution in [0.5, 0.6) is 5.75 Å². The van der Waals surface area contributed by atoms with E-state index in [0.717, 1.165) is 11.2 Å². The largest absolute Gasteiger partial charge is 0.497 e. The van der Waals surface area contributed by atoms with Gasteiger partial charge in [0.2, 0.25) is 0 Å². The van der Waals surface area contributed by atoms with Crippen molar-refractivity contribution in [3.05, 3.63) is 59.9 Å². The summed E-state index contributed by atoms with van der Waals surface area (Å²) >= 11 is 0. The molecule has 0 radical (unpaired) electrons. The van der Waals surface area contributed by atoms with E-state index in [0.29, 0.717) is 5.82 Å². The van der Waals surface area contributed by atoms with E-state index in [1.54, 1.807) is 19.2 Å². The van der Waals surface area contributed by atoms with Crippen LogP contribution in [0.3, 0.4) is 0 Å². The second-order valence-corrected chi connectivity index (χ2v) is 5.02. The molecule has 0 bridgehead atoms. The quantitative estimate of drug-likeness (QED) is 0.749. The number of rotatable bonds is 4. The number of hydrogen-bond donors (Lipinski definition) is 0. The molecule has 1 nitrogen and oxygen atoms in total. The molecule has 0 heterocycles.